The molecule has 6 heteroatoms. The Morgan fingerprint density at radius 2 is 1.79 bits per heavy atom. The number of nitrogens with one attached hydrogen (secondary N) is 1. The molecule has 0 aliphatic carbocycles. The highest BCUT2D eigenvalue weighted by Gasteiger charge is 2.21. The molecule has 1 heterocycles. The van der Waals surface area contributed by atoms with Crippen LogP contribution in [0.2, 0.25) is 0 Å². The Balaban J connectivity index is 2.32. The van der Waals surface area contributed by atoms with Crippen molar-refractivity contribution >= 4 is 27.0 Å². The smallest absolute Gasteiger partial charge is 0.172 e. The summed E-state index contributed by atoms with van der Waals surface area (Å²) in [5, 5.41) is 0. The van der Waals surface area contributed by atoms with Crippen LogP contribution in [0, 0.1) is 17.5 Å². The van der Waals surface area contributed by atoms with Crippen LogP contribution in [0.5, 0.6) is 0 Å². The highest BCUT2D eigenvalue weighted by molar-refractivity contribution is 9.10. The molecule has 0 aliphatic heterocycles. The molecule has 0 saturated carbocycles. The zero-order valence-electron chi connectivity index (χ0n) is 9.35. The van der Waals surface area contributed by atoms with Gasteiger partial charge >= 0.3 is 0 Å². The Hall–Kier alpha value is -1.82. The van der Waals surface area contributed by atoms with E-state index in [4.69, 9.17) is 0 Å². The second kappa shape index (κ2) is 4.38. The SMILES string of the molecule is Fc1cc(Br)c(F)c(-c2nc3ccccc3[nH]2)c1F. The molecule has 96 valence electrons. The number of H-pyrrole nitrogens is 1. The van der Waals surface area contributed by atoms with Crippen LogP contribution in [-0.2, 0) is 0 Å². The molecule has 3 rings (SSSR count). The van der Waals surface area contributed by atoms with Gasteiger partial charge in [0, 0.05) is 0 Å². The molecule has 0 saturated heterocycles. The van der Waals surface area contributed by atoms with Crippen molar-refractivity contribution in [2.45, 2.75) is 0 Å². The third-order valence-electron chi connectivity index (χ3n) is 2.74. The number of benzene rings is 2. The third-order valence-corrected chi connectivity index (χ3v) is 3.32. The molecular weight excluding hydrogens is 321 g/mol. The van der Waals surface area contributed by atoms with E-state index in [1.165, 1.54) is 0 Å². The fraction of sp³-hybridized carbons (Fsp3) is 0. The highest BCUT2D eigenvalue weighted by atomic mass is 79.9. The van der Waals surface area contributed by atoms with Gasteiger partial charge in [-0.2, -0.15) is 0 Å². The lowest BCUT2D eigenvalue weighted by Gasteiger charge is -2.04. The average molecular weight is 327 g/mol. The van der Waals surface area contributed by atoms with Gasteiger partial charge in [-0.1, -0.05) is 12.1 Å². The summed E-state index contributed by atoms with van der Waals surface area (Å²) in [5.74, 6) is -3.34. The lowest BCUT2D eigenvalue weighted by molar-refractivity contribution is 0.496. The summed E-state index contributed by atoms with van der Waals surface area (Å²) in [6, 6.07) is 7.67. The van der Waals surface area contributed by atoms with Gasteiger partial charge in [0.25, 0.3) is 0 Å². The molecule has 0 spiro atoms. The quantitative estimate of drug-likeness (QED) is 0.659. The molecule has 3 aromatic rings. The van der Waals surface area contributed by atoms with Crippen molar-refractivity contribution in [1.29, 1.82) is 0 Å². The van der Waals surface area contributed by atoms with Crippen LogP contribution in [0.25, 0.3) is 22.4 Å². The van der Waals surface area contributed by atoms with E-state index in [9.17, 15) is 13.2 Å². The van der Waals surface area contributed by atoms with Crippen molar-refractivity contribution in [3.8, 4) is 11.4 Å². The standard InChI is InChI=1S/C13H6BrF3N2/c14-6-5-7(15)12(17)10(11(6)16)13-18-8-3-1-2-4-9(8)19-13/h1-5H,(H,18,19). The minimum Gasteiger partial charge on any atom is -0.338 e. The maximum atomic E-state index is 13.9. The number of fused-ring (bicyclic) bond motifs is 1. The monoisotopic (exact) mass is 326 g/mol. The highest BCUT2D eigenvalue weighted by Crippen LogP contribution is 2.31. The van der Waals surface area contributed by atoms with E-state index in [1.54, 1.807) is 24.3 Å². The van der Waals surface area contributed by atoms with Crippen LogP contribution < -0.4 is 0 Å². The molecule has 2 nitrogen and oxygen atoms in total. The van der Waals surface area contributed by atoms with Crippen molar-refractivity contribution < 1.29 is 13.2 Å². The predicted molar refractivity (Wildman–Crippen MR) is 69.1 cm³/mol. The summed E-state index contributed by atoms with van der Waals surface area (Å²) < 4.78 is 40.9. The number of hydrogen-bond acceptors (Lipinski definition) is 1. The third kappa shape index (κ3) is 1.92. The topological polar surface area (TPSA) is 28.7 Å². The van der Waals surface area contributed by atoms with Crippen molar-refractivity contribution in [2.75, 3.05) is 0 Å². The second-order valence-electron chi connectivity index (χ2n) is 3.95. The lowest BCUT2D eigenvalue weighted by atomic mass is 10.2. The molecule has 1 N–H and O–H groups in total. The number of nitrogens with zero attached hydrogens (tertiary/aromatic N) is 1. The summed E-state index contributed by atoms with van der Waals surface area (Å²) in [7, 11) is 0. The van der Waals surface area contributed by atoms with Crippen LogP contribution in [0.4, 0.5) is 13.2 Å². The Kier molecular flexibility index (Phi) is 2.82. The van der Waals surface area contributed by atoms with Crippen LogP contribution >= 0.6 is 15.9 Å². The van der Waals surface area contributed by atoms with E-state index in [2.05, 4.69) is 25.9 Å². The molecule has 0 atom stereocenters. The van der Waals surface area contributed by atoms with Gasteiger partial charge in [0.15, 0.2) is 17.5 Å². The van der Waals surface area contributed by atoms with E-state index >= 15 is 0 Å². The van der Waals surface area contributed by atoms with Gasteiger partial charge in [-0.25, -0.2) is 18.2 Å². The number of aromatic amines is 1. The first-order chi connectivity index (χ1) is 9.08. The number of hydrogen-bond donors (Lipinski definition) is 1. The molecule has 0 fully saturated rings. The fourth-order valence-corrected chi connectivity index (χ4v) is 2.25. The molecule has 2 aromatic carbocycles. The summed E-state index contributed by atoms with van der Waals surface area (Å²) in [6.45, 7) is 0. The molecule has 0 unspecified atom stereocenters. The van der Waals surface area contributed by atoms with Crippen molar-refractivity contribution in [3.05, 3.63) is 52.3 Å². The van der Waals surface area contributed by atoms with Crippen molar-refractivity contribution in [2.24, 2.45) is 0 Å². The fourth-order valence-electron chi connectivity index (χ4n) is 1.85. The first-order valence-corrected chi connectivity index (χ1v) is 6.15. The normalized spacial score (nSPS) is 11.2. The maximum absolute atomic E-state index is 13.9. The first-order valence-electron chi connectivity index (χ1n) is 5.36. The van der Waals surface area contributed by atoms with Crippen LogP contribution in [0.15, 0.2) is 34.8 Å². The van der Waals surface area contributed by atoms with E-state index in [0.29, 0.717) is 11.0 Å². The van der Waals surface area contributed by atoms with Crippen LogP contribution in [-0.4, -0.2) is 9.97 Å². The van der Waals surface area contributed by atoms with Crippen LogP contribution in [0.1, 0.15) is 0 Å². The predicted octanol–water partition coefficient (Wildman–Crippen LogP) is 4.41. The van der Waals surface area contributed by atoms with Gasteiger partial charge in [-0.05, 0) is 34.1 Å². The van der Waals surface area contributed by atoms with Crippen molar-refractivity contribution in [3.63, 3.8) is 0 Å². The number of rotatable bonds is 1. The molecule has 19 heavy (non-hydrogen) atoms. The van der Waals surface area contributed by atoms with E-state index < -0.39 is 23.0 Å². The Bertz CT molecular complexity index is 724. The molecule has 0 aliphatic rings. The molecular formula is C13H6BrF3N2. The molecule has 0 radical (unpaired) electrons. The number of halogens is 4. The number of imidazole rings is 1. The summed E-state index contributed by atoms with van der Waals surface area (Å²) >= 11 is 2.85. The minimum atomic E-state index is -1.26. The van der Waals surface area contributed by atoms with Crippen molar-refractivity contribution in [1.82, 2.24) is 9.97 Å². The lowest BCUT2D eigenvalue weighted by Crippen LogP contribution is -1.97. The largest absolute Gasteiger partial charge is 0.338 e. The van der Waals surface area contributed by atoms with E-state index in [0.717, 1.165) is 6.07 Å². The number of aromatic nitrogens is 2. The maximum Gasteiger partial charge on any atom is 0.172 e. The summed E-state index contributed by atoms with van der Waals surface area (Å²) in [4.78, 5) is 6.83. The summed E-state index contributed by atoms with van der Waals surface area (Å²) in [6.07, 6.45) is 0. The van der Waals surface area contributed by atoms with Gasteiger partial charge in [-0.15, -0.1) is 0 Å². The van der Waals surface area contributed by atoms with Gasteiger partial charge in [0.2, 0.25) is 0 Å². The minimum absolute atomic E-state index is 0.0450. The Morgan fingerprint density at radius 1 is 1.05 bits per heavy atom. The average Bonchev–Trinajstić information content (AvgIpc) is 2.80. The molecule has 0 bridgehead atoms. The zero-order valence-corrected chi connectivity index (χ0v) is 10.9. The molecule has 1 aromatic heterocycles. The Labute approximate surface area is 114 Å². The zero-order chi connectivity index (χ0) is 13.6. The van der Waals surface area contributed by atoms with Gasteiger partial charge < -0.3 is 4.98 Å². The van der Waals surface area contributed by atoms with Gasteiger partial charge in [0.05, 0.1) is 21.1 Å². The second-order valence-corrected chi connectivity index (χ2v) is 4.80. The summed E-state index contributed by atoms with van der Waals surface area (Å²) in [5.41, 5.74) is 0.663. The van der Waals surface area contributed by atoms with E-state index in [-0.39, 0.29) is 10.3 Å². The van der Waals surface area contributed by atoms with Crippen LogP contribution in [0.3, 0.4) is 0 Å². The first kappa shape index (κ1) is 12.2. The Morgan fingerprint density at radius 3 is 2.53 bits per heavy atom. The van der Waals surface area contributed by atoms with Gasteiger partial charge in [0.1, 0.15) is 5.82 Å². The molecule has 0 amide bonds. The van der Waals surface area contributed by atoms with Gasteiger partial charge in [-0.3, -0.25) is 0 Å². The van der Waals surface area contributed by atoms with E-state index in [1.807, 2.05) is 0 Å². The number of para-hydroxylation sites is 2.